The van der Waals surface area contributed by atoms with Crippen molar-refractivity contribution in [3.8, 4) is 0 Å². The van der Waals surface area contributed by atoms with Gasteiger partial charge >= 0.3 is 5.97 Å². The topological polar surface area (TPSA) is 60.4 Å². The maximum atomic E-state index is 11.8. The van der Waals surface area contributed by atoms with Crippen LogP contribution >= 0.6 is 0 Å². The van der Waals surface area contributed by atoms with E-state index in [-0.39, 0.29) is 12.2 Å². The van der Waals surface area contributed by atoms with Gasteiger partial charge < -0.3 is 4.74 Å². The number of Topliss-reactive ketones (excluding diaryl/α,β-unsaturated/α-hetero) is 2. The summed E-state index contributed by atoms with van der Waals surface area (Å²) in [4.78, 5) is 34.0. The summed E-state index contributed by atoms with van der Waals surface area (Å²) in [5.41, 5.74) is 2.14. The summed E-state index contributed by atoms with van der Waals surface area (Å²) >= 11 is 0. The van der Waals surface area contributed by atoms with Gasteiger partial charge in [0, 0.05) is 6.42 Å². The van der Waals surface area contributed by atoms with Gasteiger partial charge in [0.05, 0.1) is 13.5 Å². The molecule has 0 amide bonds. The molecular formula is C16H18O4. The Morgan fingerprint density at radius 1 is 1.30 bits per heavy atom. The Labute approximate surface area is 118 Å². The second-order valence-electron chi connectivity index (χ2n) is 5.37. The molecule has 4 heteroatoms. The van der Waals surface area contributed by atoms with Crippen LogP contribution in [-0.4, -0.2) is 24.6 Å². The second-order valence-corrected chi connectivity index (χ2v) is 5.37. The number of carbonyl (C=O) groups excluding carboxylic acids is 3. The SMILES string of the molecule is COC(=O)C(=O)CC(=O)Cc1cccc([C@H]2CC2C)c1. The minimum atomic E-state index is -0.959. The number of ether oxygens (including phenoxy) is 1. The van der Waals surface area contributed by atoms with E-state index in [1.54, 1.807) is 0 Å². The maximum absolute atomic E-state index is 11.8. The first kappa shape index (κ1) is 14.4. The van der Waals surface area contributed by atoms with Crippen molar-refractivity contribution in [3.63, 3.8) is 0 Å². The summed E-state index contributed by atoms with van der Waals surface area (Å²) in [6.07, 6.45) is 0.979. The highest BCUT2D eigenvalue weighted by molar-refractivity contribution is 6.37. The Bertz CT molecular complexity index is 547. The van der Waals surface area contributed by atoms with Crippen LogP contribution in [0.25, 0.3) is 0 Å². The lowest BCUT2D eigenvalue weighted by Crippen LogP contribution is -2.20. The molecular weight excluding hydrogens is 256 g/mol. The molecule has 1 fully saturated rings. The zero-order valence-corrected chi connectivity index (χ0v) is 11.7. The zero-order chi connectivity index (χ0) is 14.7. The van der Waals surface area contributed by atoms with Crippen molar-refractivity contribution in [2.45, 2.75) is 32.1 Å². The minimum Gasteiger partial charge on any atom is -0.463 e. The molecule has 2 rings (SSSR count). The molecule has 0 N–H and O–H groups in total. The zero-order valence-electron chi connectivity index (χ0n) is 11.7. The van der Waals surface area contributed by atoms with Crippen LogP contribution in [0.3, 0.4) is 0 Å². The van der Waals surface area contributed by atoms with Crippen LogP contribution < -0.4 is 0 Å². The standard InChI is InChI=1S/C16H18O4/c1-10-6-14(10)12-5-3-4-11(7-12)8-13(17)9-15(18)16(19)20-2/h3-5,7,10,14H,6,8-9H2,1-2H3/t10?,14-/m0/s1. The summed E-state index contributed by atoms with van der Waals surface area (Å²) in [6.45, 7) is 2.21. The number of esters is 1. The summed E-state index contributed by atoms with van der Waals surface area (Å²) in [5, 5.41) is 0. The predicted molar refractivity (Wildman–Crippen MR) is 73.3 cm³/mol. The van der Waals surface area contributed by atoms with Crippen LogP contribution in [-0.2, 0) is 25.5 Å². The average Bonchev–Trinajstić information content (AvgIpc) is 3.15. The van der Waals surface area contributed by atoms with E-state index in [1.165, 1.54) is 12.0 Å². The smallest absolute Gasteiger partial charge is 0.374 e. The van der Waals surface area contributed by atoms with Crippen molar-refractivity contribution >= 4 is 17.5 Å². The normalized spacial score (nSPS) is 20.3. The molecule has 20 heavy (non-hydrogen) atoms. The van der Waals surface area contributed by atoms with E-state index >= 15 is 0 Å². The molecule has 0 aromatic heterocycles. The van der Waals surface area contributed by atoms with Gasteiger partial charge in [-0.15, -0.1) is 0 Å². The average molecular weight is 274 g/mol. The van der Waals surface area contributed by atoms with Crippen LogP contribution in [0.1, 0.15) is 36.8 Å². The first-order chi connectivity index (χ1) is 9.51. The van der Waals surface area contributed by atoms with Crippen LogP contribution in [0.15, 0.2) is 24.3 Å². The summed E-state index contributed by atoms with van der Waals surface area (Å²) in [5.74, 6) is -0.701. The number of carbonyl (C=O) groups is 3. The molecule has 0 bridgehead atoms. The molecule has 4 nitrogen and oxygen atoms in total. The van der Waals surface area contributed by atoms with E-state index in [9.17, 15) is 14.4 Å². The van der Waals surface area contributed by atoms with Gasteiger partial charge in [-0.3, -0.25) is 9.59 Å². The maximum Gasteiger partial charge on any atom is 0.374 e. The largest absolute Gasteiger partial charge is 0.463 e. The third-order valence-corrected chi connectivity index (χ3v) is 3.66. The predicted octanol–water partition coefficient (Wildman–Crippen LogP) is 2.05. The highest BCUT2D eigenvalue weighted by Gasteiger charge is 2.33. The molecule has 1 unspecified atom stereocenters. The van der Waals surface area contributed by atoms with Crippen LogP contribution in [0.4, 0.5) is 0 Å². The summed E-state index contributed by atoms with van der Waals surface area (Å²) < 4.78 is 4.29. The Morgan fingerprint density at radius 3 is 2.60 bits per heavy atom. The number of ketones is 2. The minimum absolute atomic E-state index is 0.178. The van der Waals surface area contributed by atoms with Crippen LogP contribution in [0.5, 0.6) is 0 Å². The number of methoxy groups -OCH3 is 1. The number of rotatable bonds is 6. The van der Waals surface area contributed by atoms with Gasteiger partial charge in [-0.1, -0.05) is 31.2 Å². The van der Waals surface area contributed by atoms with Gasteiger partial charge in [0.25, 0.3) is 0 Å². The number of hydrogen-bond acceptors (Lipinski definition) is 4. The molecule has 106 valence electrons. The molecule has 2 atom stereocenters. The van der Waals surface area contributed by atoms with Crippen molar-refractivity contribution < 1.29 is 19.1 Å². The Morgan fingerprint density at radius 2 is 2.00 bits per heavy atom. The number of benzene rings is 1. The van der Waals surface area contributed by atoms with Gasteiger partial charge in [0.1, 0.15) is 5.78 Å². The molecule has 1 saturated carbocycles. The highest BCUT2D eigenvalue weighted by Crippen LogP contribution is 2.46. The van der Waals surface area contributed by atoms with Crippen molar-refractivity contribution in [2.75, 3.05) is 7.11 Å². The first-order valence-corrected chi connectivity index (χ1v) is 6.73. The quantitative estimate of drug-likeness (QED) is 0.452. The molecule has 1 aliphatic rings. The second kappa shape index (κ2) is 5.99. The number of hydrogen-bond donors (Lipinski definition) is 0. The lowest BCUT2D eigenvalue weighted by Gasteiger charge is -2.04. The third kappa shape index (κ3) is 3.53. The lowest BCUT2D eigenvalue weighted by atomic mass is 10.0. The van der Waals surface area contributed by atoms with Crippen LogP contribution in [0, 0.1) is 5.92 Å². The van der Waals surface area contributed by atoms with Gasteiger partial charge in [-0.25, -0.2) is 4.79 Å². The Balaban J connectivity index is 1.94. The fourth-order valence-corrected chi connectivity index (χ4v) is 2.38. The van der Waals surface area contributed by atoms with E-state index in [4.69, 9.17) is 0 Å². The first-order valence-electron chi connectivity index (χ1n) is 6.73. The summed E-state index contributed by atoms with van der Waals surface area (Å²) in [6, 6.07) is 7.90. The third-order valence-electron chi connectivity index (χ3n) is 3.66. The van der Waals surface area contributed by atoms with Crippen LogP contribution in [0.2, 0.25) is 0 Å². The monoisotopic (exact) mass is 274 g/mol. The molecule has 0 aliphatic heterocycles. The lowest BCUT2D eigenvalue weighted by molar-refractivity contribution is -0.152. The van der Waals surface area contributed by atoms with Gasteiger partial charge in [0.2, 0.25) is 5.78 Å². The van der Waals surface area contributed by atoms with E-state index in [0.29, 0.717) is 11.8 Å². The van der Waals surface area contributed by atoms with Crippen molar-refractivity contribution in [1.29, 1.82) is 0 Å². The molecule has 0 heterocycles. The van der Waals surface area contributed by atoms with Gasteiger partial charge in [-0.05, 0) is 29.4 Å². The van der Waals surface area contributed by atoms with E-state index in [2.05, 4.69) is 17.7 Å². The molecule has 1 aromatic carbocycles. The van der Waals surface area contributed by atoms with E-state index in [1.807, 2.05) is 18.2 Å². The molecule has 0 spiro atoms. The van der Waals surface area contributed by atoms with Crippen molar-refractivity contribution in [3.05, 3.63) is 35.4 Å². The summed E-state index contributed by atoms with van der Waals surface area (Å²) in [7, 11) is 1.13. The van der Waals surface area contributed by atoms with Crippen molar-refractivity contribution in [2.24, 2.45) is 5.92 Å². The Hall–Kier alpha value is -1.97. The Kier molecular flexibility index (Phi) is 4.32. The highest BCUT2D eigenvalue weighted by atomic mass is 16.5. The molecule has 0 saturated heterocycles. The van der Waals surface area contributed by atoms with Crippen molar-refractivity contribution in [1.82, 2.24) is 0 Å². The fraction of sp³-hybridized carbons (Fsp3) is 0.438. The fourth-order valence-electron chi connectivity index (χ4n) is 2.38. The van der Waals surface area contributed by atoms with E-state index < -0.39 is 18.2 Å². The van der Waals surface area contributed by atoms with E-state index in [0.717, 1.165) is 12.7 Å². The van der Waals surface area contributed by atoms with Gasteiger partial charge in [0.15, 0.2) is 0 Å². The van der Waals surface area contributed by atoms with Gasteiger partial charge in [-0.2, -0.15) is 0 Å². The molecule has 1 aliphatic carbocycles. The molecule has 1 aromatic rings. The molecule has 0 radical (unpaired) electrons.